The normalized spacial score (nSPS) is 12.7. The maximum Gasteiger partial charge on any atom is 0.407 e. The highest BCUT2D eigenvalue weighted by molar-refractivity contribution is 5.75. The number of amides is 1. The maximum atomic E-state index is 12.1. The number of carbonyl (C=O) groups excluding carboxylic acids is 2. The largest absolute Gasteiger partial charge is 0.490 e. The number of nitrogens with two attached hydrogens (primary N) is 1. The van der Waals surface area contributed by atoms with Crippen molar-refractivity contribution in [3.8, 4) is 16.9 Å². The molecule has 1 amide bonds. The van der Waals surface area contributed by atoms with Crippen molar-refractivity contribution in [3.05, 3.63) is 36.7 Å². The van der Waals surface area contributed by atoms with E-state index in [2.05, 4.69) is 10.00 Å². The van der Waals surface area contributed by atoms with Gasteiger partial charge in [-0.15, -0.1) is 4.68 Å². The Kier molecular flexibility index (Phi) is 9.67. The van der Waals surface area contributed by atoms with Gasteiger partial charge in [0.2, 0.25) is 12.3 Å². The van der Waals surface area contributed by atoms with Crippen molar-refractivity contribution in [2.75, 3.05) is 13.2 Å². The quantitative estimate of drug-likeness (QED) is 0.227. The molecule has 2 rings (SSSR count). The summed E-state index contributed by atoms with van der Waals surface area (Å²) in [6.45, 7) is 12.0. The van der Waals surface area contributed by atoms with Crippen LogP contribution >= 0.6 is 0 Å². The fourth-order valence-electron chi connectivity index (χ4n) is 3.12. The van der Waals surface area contributed by atoms with Crippen LogP contribution in [0.25, 0.3) is 11.1 Å². The Bertz CT molecular complexity index is 973. The van der Waals surface area contributed by atoms with Gasteiger partial charge in [-0.2, -0.15) is 4.68 Å². The molecule has 0 radical (unpaired) electrons. The summed E-state index contributed by atoms with van der Waals surface area (Å²) in [5, 5.41) is 2.77. The summed E-state index contributed by atoms with van der Waals surface area (Å²) in [6.07, 6.45) is 3.40. The number of alkyl carbamates (subject to hydrolysis) is 1. The van der Waals surface area contributed by atoms with Gasteiger partial charge in [-0.05, 0) is 65.7 Å². The average Bonchev–Trinajstić information content (AvgIpc) is 3.10. The molecule has 10 heteroatoms. The molecule has 10 nitrogen and oxygen atoms in total. The molecule has 0 saturated carbocycles. The standard InChI is InChI=1S/C25H38N4O6/c1-24(2,3)33-22(30)21(35-26)17-32-20-11-9-18(10-12-20)19-15-28(7)29(16-19)14-8-13-27-23(31)34-25(4,5)6/h9-12,15-16,21H,8,13-14,17,26H2,1-7H3/p+1. The van der Waals surface area contributed by atoms with Crippen LogP contribution in [0, 0.1) is 0 Å². The second-order valence-corrected chi connectivity index (χ2v) is 10.2. The number of nitrogens with zero attached hydrogens (tertiary/aromatic N) is 2. The first-order valence-corrected chi connectivity index (χ1v) is 11.6. The maximum absolute atomic E-state index is 12.1. The van der Waals surface area contributed by atoms with Crippen molar-refractivity contribution in [1.29, 1.82) is 0 Å². The van der Waals surface area contributed by atoms with E-state index in [0.29, 0.717) is 12.3 Å². The molecule has 2 aromatic rings. The van der Waals surface area contributed by atoms with Crippen molar-refractivity contribution in [3.63, 3.8) is 0 Å². The van der Waals surface area contributed by atoms with E-state index in [1.165, 1.54) is 0 Å². The van der Waals surface area contributed by atoms with Crippen molar-refractivity contribution < 1.29 is 33.3 Å². The van der Waals surface area contributed by atoms with E-state index >= 15 is 0 Å². The smallest absolute Gasteiger partial charge is 0.407 e. The third-order valence-corrected chi connectivity index (χ3v) is 4.67. The predicted octanol–water partition coefficient (Wildman–Crippen LogP) is 2.87. The molecule has 0 spiro atoms. The number of rotatable bonds is 10. The van der Waals surface area contributed by atoms with E-state index in [1.54, 1.807) is 20.8 Å². The molecular weight excluding hydrogens is 452 g/mol. The van der Waals surface area contributed by atoms with Crippen LogP contribution in [0.4, 0.5) is 4.79 Å². The zero-order valence-electron chi connectivity index (χ0n) is 21.8. The van der Waals surface area contributed by atoms with Gasteiger partial charge in [0.05, 0.1) is 18.3 Å². The van der Waals surface area contributed by atoms with Crippen molar-refractivity contribution >= 4 is 12.1 Å². The second-order valence-electron chi connectivity index (χ2n) is 10.2. The third-order valence-electron chi connectivity index (χ3n) is 4.67. The van der Waals surface area contributed by atoms with Crippen LogP contribution in [0.2, 0.25) is 0 Å². The van der Waals surface area contributed by atoms with Crippen LogP contribution in [-0.4, -0.2) is 47.2 Å². The molecule has 1 aromatic heterocycles. The Balaban J connectivity index is 1.88. The second kappa shape index (κ2) is 12.0. The summed E-state index contributed by atoms with van der Waals surface area (Å²) in [7, 11) is 1.96. The lowest BCUT2D eigenvalue weighted by Gasteiger charge is -2.22. The zero-order valence-corrected chi connectivity index (χ0v) is 21.8. The van der Waals surface area contributed by atoms with E-state index in [9.17, 15) is 9.59 Å². The Morgan fingerprint density at radius 1 is 1.03 bits per heavy atom. The number of hydrogen-bond donors (Lipinski definition) is 2. The Labute approximate surface area is 207 Å². The van der Waals surface area contributed by atoms with Crippen molar-refractivity contribution in [2.24, 2.45) is 12.9 Å². The SMILES string of the molecule is C[n+]1cc(-c2ccc(OCC(ON)C(=O)OC(C)(C)C)cc2)cn1CCCNC(=O)OC(C)(C)C. The number of carbonyl (C=O) groups is 2. The zero-order chi connectivity index (χ0) is 26.2. The summed E-state index contributed by atoms with van der Waals surface area (Å²) in [4.78, 5) is 28.6. The van der Waals surface area contributed by atoms with Gasteiger partial charge in [-0.3, -0.25) is 4.84 Å². The number of hydrogen-bond acceptors (Lipinski definition) is 7. The van der Waals surface area contributed by atoms with Gasteiger partial charge in [0.1, 0.15) is 23.6 Å². The molecule has 0 saturated heterocycles. The first-order chi connectivity index (χ1) is 16.3. The number of benzene rings is 1. The van der Waals surface area contributed by atoms with E-state index in [-0.39, 0.29) is 6.61 Å². The van der Waals surface area contributed by atoms with Gasteiger partial charge in [0, 0.05) is 6.54 Å². The number of aryl methyl sites for hydroxylation is 2. The summed E-state index contributed by atoms with van der Waals surface area (Å²) < 4.78 is 20.3. The van der Waals surface area contributed by atoms with E-state index in [1.807, 2.05) is 69.2 Å². The van der Waals surface area contributed by atoms with E-state index < -0.39 is 29.4 Å². The van der Waals surface area contributed by atoms with Gasteiger partial charge in [-0.1, -0.05) is 12.1 Å². The van der Waals surface area contributed by atoms with Gasteiger partial charge >= 0.3 is 12.1 Å². The van der Waals surface area contributed by atoms with Crippen LogP contribution in [0.5, 0.6) is 5.75 Å². The number of ether oxygens (including phenoxy) is 3. The monoisotopic (exact) mass is 491 g/mol. The van der Waals surface area contributed by atoms with Gasteiger partial charge < -0.3 is 19.5 Å². The summed E-state index contributed by atoms with van der Waals surface area (Å²) in [6, 6.07) is 7.51. The Hall–Kier alpha value is -3.11. The Morgan fingerprint density at radius 2 is 1.66 bits per heavy atom. The molecule has 194 valence electrons. The summed E-state index contributed by atoms with van der Waals surface area (Å²) in [5.74, 6) is 5.25. The van der Waals surface area contributed by atoms with Crippen LogP contribution in [0.15, 0.2) is 36.7 Å². The number of esters is 1. The molecule has 0 aliphatic rings. The van der Waals surface area contributed by atoms with Crippen molar-refractivity contribution in [1.82, 2.24) is 10.00 Å². The molecule has 1 unspecified atom stereocenters. The highest BCUT2D eigenvalue weighted by Gasteiger charge is 2.26. The first-order valence-electron chi connectivity index (χ1n) is 11.6. The molecule has 1 heterocycles. The molecule has 0 fully saturated rings. The van der Waals surface area contributed by atoms with E-state index in [0.717, 1.165) is 24.1 Å². The lowest BCUT2D eigenvalue weighted by atomic mass is 10.1. The predicted molar refractivity (Wildman–Crippen MR) is 130 cm³/mol. The minimum Gasteiger partial charge on any atom is -0.490 e. The molecule has 3 N–H and O–H groups in total. The summed E-state index contributed by atoms with van der Waals surface area (Å²) in [5.41, 5.74) is 0.898. The third kappa shape index (κ3) is 9.96. The van der Waals surface area contributed by atoms with Crippen LogP contribution < -0.4 is 20.6 Å². The van der Waals surface area contributed by atoms with Gasteiger partial charge in [0.15, 0.2) is 7.05 Å². The lowest BCUT2D eigenvalue weighted by molar-refractivity contribution is -0.753. The number of aromatic nitrogens is 2. The molecule has 35 heavy (non-hydrogen) atoms. The molecular formula is C25H39N4O6+. The molecule has 0 aliphatic carbocycles. The highest BCUT2D eigenvalue weighted by atomic mass is 16.7. The minimum absolute atomic E-state index is 0.0621. The molecule has 0 bridgehead atoms. The minimum atomic E-state index is -1.02. The van der Waals surface area contributed by atoms with Crippen molar-refractivity contribution in [2.45, 2.75) is 71.8 Å². The molecule has 1 aromatic carbocycles. The number of nitrogens with one attached hydrogen (secondary N) is 1. The van der Waals surface area contributed by atoms with Gasteiger partial charge in [0.25, 0.3) is 0 Å². The molecule has 0 aliphatic heterocycles. The lowest BCUT2D eigenvalue weighted by Crippen LogP contribution is -2.39. The highest BCUT2D eigenvalue weighted by Crippen LogP contribution is 2.22. The summed E-state index contributed by atoms with van der Waals surface area (Å²) >= 11 is 0. The molecule has 1 atom stereocenters. The van der Waals surface area contributed by atoms with Crippen LogP contribution in [0.3, 0.4) is 0 Å². The topological polar surface area (TPSA) is 118 Å². The van der Waals surface area contributed by atoms with Crippen LogP contribution in [0.1, 0.15) is 48.0 Å². The fourth-order valence-corrected chi connectivity index (χ4v) is 3.12. The first kappa shape index (κ1) is 28.1. The fraction of sp³-hybridized carbons (Fsp3) is 0.560. The average molecular weight is 492 g/mol. The Morgan fingerprint density at radius 3 is 2.23 bits per heavy atom. The van der Waals surface area contributed by atoms with Crippen LogP contribution in [-0.2, 0) is 32.7 Å². The van der Waals surface area contributed by atoms with Gasteiger partial charge in [-0.25, -0.2) is 15.5 Å². The van der Waals surface area contributed by atoms with E-state index in [4.69, 9.17) is 24.9 Å².